The topological polar surface area (TPSA) is 0 Å². The molecule has 1 aromatic carbocycles. The normalized spacial score (nSPS) is 28.6. The summed E-state index contributed by atoms with van der Waals surface area (Å²) in [6.07, 6.45) is 24.5. The Balaban J connectivity index is 1.36. The van der Waals surface area contributed by atoms with Crippen molar-refractivity contribution < 1.29 is 0 Å². The molecule has 0 bridgehead atoms. The van der Waals surface area contributed by atoms with Gasteiger partial charge in [-0.1, -0.05) is 75.9 Å². The minimum Gasteiger partial charge on any atom is -0.0879 e. The maximum Gasteiger partial charge on any atom is -0.0162 e. The van der Waals surface area contributed by atoms with Crippen LogP contribution in [0, 0.1) is 17.8 Å². The molecule has 0 amide bonds. The van der Waals surface area contributed by atoms with E-state index in [-0.39, 0.29) is 0 Å². The lowest BCUT2D eigenvalue weighted by atomic mass is 9.77. The Labute approximate surface area is 175 Å². The van der Waals surface area contributed by atoms with Crippen LogP contribution in [0.3, 0.4) is 0 Å². The summed E-state index contributed by atoms with van der Waals surface area (Å²) in [5.74, 6) is 3.71. The van der Waals surface area contributed by atoms with Gasteiger partial charge in [0.2, 0.25) is 0 Å². The highest BCUT2D eigenvalue weighted by Crippen LogP contribution is 2.37. The lowest BCUT2D eigenvalue weighted by molar-refractivity contribution is 0.294. The molecule has 0 radical (unpaired) electrons. The second-order valence-electron chi connectivity index (χ2n) is 9.78. The first kappa shape index (κ1) is 21.7. The van der Waals surface area contributed by atoms with E-state index in [1.165, 1.54) is 95.5 Å². The highest BCUT2D eigenvalue weighted by molar-refractivity contribution is 5.26. The van der Waals surface area contributed by atoms with Crippen molar-refractivity contribution in [3.8, 4) is 0 Å². The smallest absolute Gasteiger partial charge is 0.0162 e. The van der Waals surface area contributed by atoms with Crippen LogP contribution < -0.4 is 0 Å². The molecule has 2 fully saturated rings. The van der Waals surface area contributed by atoms with Crippen LogP contribution in [0.15, 0.2) is 36.4 Å². The molecule has 0 unspecified atom stereocenters. The standard InChI is InChI=1S/C28H44/c1-3-7-23-11-13-25(14-12-23)9-5-6-10-26-17-21-28(22-18-26)27-19-15-24(8-4-2)16-20-27/h5,9,17-18,21-25,27H,3-4,6-8,10-16,19-20H2,1-2H3/b9-5+. The first-order valence-electron chi connectivity index (χ1n) is 12.5. The van der Waals surface area contributed by atoms with Gasteiger partial charge in [-0.15, -0.1) is 0 Å². The van der Waals surface area contributed by atoms with Crippen LogP contribution in [-0.4, -0.2) is 0 Å². The largest absolute Gasteiger partial charge is 0.0879 e. The molecular weight excluding hydrogens is 336 g/mol. The van der Waals surface area contributed by atoms with Gasteiger partial charge in [0.1, 0.15) is 0 Å². The summed E-state index contributed by atoms with van der Waals surface area (Å²) in [6.45, 7) is 4.66. The Bertz CT molecular complexity index is 550. The Kier molecular flexibility index (Phi) is 9.16. The average molecular weight is 381 g/mol. The fraction of sp³-hybridized carbons (Fsp3) is 0.714. The van der Waals surface area contributed by atoms with Crippen molar-refractivity contribution in [1.29, 1.82) is 0 Å². The highest BCUT2D eigenvalue weighted by atomic mass is 14.3. The molecule has 2 saturated carbocycles. The molecule has 0 atom stereocenters. The summed E-state index contributed by atoms with van der Waals surface area (Å²) < 4.78 is 0. The molecule has 0 spiro atoms. The van der Waals surface area contributed by atoms with Crippen molar-refractivity contribution in [2.45, 2.75) is 110 Å². The van der Waals surface area contributed by atoms with Crippen molar-refractivity contribution >= 4 is 0 Å². The van der Waals surface area contributed by atoms with Gasteiger partial charge in [-0.05, 0) is 99.0 Å². The highest BCUT2D eigenvalue weighted by Gasteiger charge is 2.21. The average Bonchev–Trinajstić information content (AvgIpc) is 2.74. The van der Waals surface area contributed by atoms with E-state index in [1.54, 1.807) is 5.56 Å². The number of hydrogen-bond acceptors (Lipinski definition) is 0. The third kappa shape index (κ3) is 6.78. The van der Waals surface area contributed by atoms with E-state index < -0.39 is 0 Å². The molecule has 0 aromatic heterocycles. The Hall–Kier alpha value is -1.04. The maximum absolute atomic E-state index is 2.53. The molecule has 156 valence electrons. The van der Waals surface area contributed by atoms with Crippen LogP contribution in [0.5, 0.6) is 0 Å². The number of allylic oxidation sites excluding steroid dienone is 2. The third-order valence-corrected chi connectivity index (χ3v) is 7.59. The van der Waals surface area contributed by atoms with Gasteiger partial charge >= 0.3 is 0 Å². The van der Waals surface area contributed by atoms with E-state index >= 15 is 0 Å². The number of benzene rings is 1. The van der Waals surface area contributed by atoms with Gasteiger partial charge in [0.15, 0.2) is 0 Å². The predicted molar refractivity (Wildman–Crippen MR) is 124 cm³/mol. The fourth-order valence-electron chi connectivity index (χ4n) is 5.77. The molecule has 0 aliphatic heterocycles. The summed E-state index contributed by atoms with van der Waals surface area (Å²) in [5, 5.41) is 0. The summed E-state index contributed by atoms with van der Waals surface area (Å²) in [7, 11) is 0. The third-order valence-electron chi connectivity index (χ3n) is 7.59. The van der Waals surface area contributed by atoms with E-state index in [0.717, 1.165) is 23.7 Å². The zero-order chi connectivity index (χ0) is 19.6. The molecule has 1 aromatic rings. The molecule has 3 rings (SSSR count). The predicted octanol–water partition coefficient (Wildman–Crippen LogP) is 8.86. The number of aryl methyl sites for hydroxylation is 1. The minimum atomic E-state index is 0.824. The monoisotopic (exact) mass is 380 g/mol. The summed E-state index contributed by atoms with van der Waals surface area (Å²) in [4.78, 5) is 0. The maximum atomic E-state index is 2.53. The zero-order valence-electron chi connectivity index (χ0n) is 18.7. The molecule has 0 heterocycles. The first-order valence-corrected chi connectivity index (χ1v) is 12.5. The lowest BCUT2D eigenvalue weighted by Crippen LogP contribution is -2.13. The Morgan fingerprint density at radius 3 is 1.89 bits per heavy atom. The van der Waals surface area contributed by atoms with Crippen LogP contribution in [0.1, 0.15) is 114 Å². The summed E-state index contributed by atoms with van der Waals surface area (Å²) in [6, 6.07) is 9.66. The van der Waals surface area contributed by atoms with Crippen LogP contribution in [0.2, 0.25) is 0 Å². The van der Waals surface area contributed by atoms with E-state index in [9.17, 15) is 0 Å². The van der Waals surface area contributed by atoms with Gasteiger partial charge in [-0.3, -0.25) is 0 Å². The van der Waals surface area contributed by atoms with Gasteiger partial charge in [0.25, 0.3) is 0 Å². The summed E-state index contributed by atoms with van der Waals surface area (Å²) in [5.41, 5.74) is 3.11. The van der Waals surface area contributed by atoms with E-state index in [0.29, 0.717) is 0 Å². The molecule has 2 aliphatic rings. The van der Waals surface area contributed by atoms with E-state index in [4.69, 9.17) is 0 Å². The Morgan fingerprint density at radius 1 is 0.750 bits per heavy atom. The SMILES string of the molecule is CCCC1CCC(/C=C/CCc2ccc(C3CCC(CCC)CC3)cc2)CC1. The minimum absolute atomic E-state index is 0.824. The second kappa shape index (κ2) is 11.8. The van der Waals surface area contributed by atoms with Gasteiger partial charge in [0.05, 0.1) is 0 Å². The van der Waals surface area contributed by atoms with E-state index in [2.05, 4.69) is 50.3 Å². The molecule has 0 N–H and O–H groups in total. The Morgan fingerprint density at radius 2 is 1.32 bits per heavy atom. The van der Waals surface area contributed by atoms with Crippen LogP contribution >= 0.6 is 0 Å². The summed E-state index contributed by atoms with van der Waals surface area (Å²) >= 11 is 0. The van der Waals surface area contributed by atoms with Crippen LogP contribution in [0.4, 0.5) is 0 Å². The molecule has 0 nitrogen and oxygen atoms in total. The molecular formula is C28H44. The molecule has 0 saturated heterocycles. The molecule has 0 heteroatoms. The van der Waals surface area contributed by atoms with Crippen LogP contribution in [-0.2, 0) is 6.42 Å². The van der Waals surface area contributed by atoms with Gasteiger partial charge in [-0.25, -0.2) is 0 Å². The first-order chi connectivity index (χ1) is 13.8. The van der Waals surface area contributed by atoms with Crippen molar-refractivity contribution in [3.05, 3.63) is 47.5 Å². The number of hydrogen-bond donors (Lipinski definition) is 0. The van der Waals surface area contributed by atoms with Crippen molar-refractivity contribution in [2.75, 3.05) is 0 Å². The van der Waals surface area contributed by atoms with Crippen molar-refractivity contribution in [3.63, 3.8) is 0 Å². The number of rotatable bonds is 9. The lowest BCUT2D eigenvalue weighted by Gasteiger charge is -2.28. The zero-order valence-corrected chi connectivity index (χ0v) is 18.7. The van der Waals surface area contributed by atoms with Gasteiger partial charge in [0, 0.05) is 0 Å². The van der Waals surface area contributed by atoms with Crippen molar-refractivity contribution in [2.24, 2.45) is 17.8 Å². The van der Waals surface area contributed by atoms with E-state index in [1.807, 2.05) is 0 Å². The fourth-order valence-corrected chi connectivity index (χ4v) is 5.77. The quantitative estimate of drug-likeness (QED) is 0.375. The second-order valence-corrected chi connectivity index (χ2v) is 9.78. The van der Waals surface area contributed by atoms with Gasteiger partial charge in [-0.2, -0.15) is 0 Å². The molecule has 2 aliphatic carbocycles. The van der Waals surface area contributed by atoms with Crippen molar-refractivity contribution in [1.82, 2.24) is 0 Å². The van der Waals surface area contributed by atoms with Gasteiger partial charge < -0.3 is 0 Å². The van der Waals surface area contributed by atoms with Crippen LogP contribution in [0.25, 0.3) is 0 Å². The molecule has 28 heavy (non-hydrogen) atoms.